The van der Waals surface area contributed by atoms with Gasteiger partial charge in [-0.05, 0) is 6.92 Å². The number of aryl methyl sites for hydroxylation is 1. The van der Waals surface area contributed by atoms with Crippen molar-refractivity contribution in [3.63, 3.8) is 0 Å². The zero-order valence-electron chi connectivity index (χ0n) is 6.43. The minimum Gasteiger partial charge on any atom is -0.309 e. The predicted molar refractivity (Wildman–Crippen MR) is 44.5 cm³/mol. The molecule has 0 atom stereocenters. The molecule has 0 unspecified atom stereocenters. The molecule has 1 heterocycles. The van der Waals surface area contributed by atoms with Crippen LogP contribution in [0.1, 0.15) is 9.88 Å². The van der Waals surface area contributed by atoms with Crippen molar-refractivity contribution in [1.29, 1.82) is 0 Å². The van der Waals surface area contributed by atoms with E-state index in [0.29, 0.717) is 6.54 Å². The van der Waals surface area contributed by atoms with Gasteiger partial charge < -0.3 is 5.32 Å². The standard InChI is InChI=1S/C7H11FN2S/c1-6-10-5-7(11-6)4-9-3-2-8/h5,9H,2-4H2,1H3. The number of alkyl halides is 1. The number of hydrogen-bond acceptors (Lipinski definition) is 3. The van der Waals surface area contributed by atoms with E-state index < -0.39 is 0 Å². The lowest BCUT2D eigenvalue weighted by Crippen LogP contribution is -2.14. The van der Waals surface area contributed by atoms with Crippen molar-refractivity contribution in [3.8, 4) is 0 Å². The quantitative estimate of drug-likeness (QED) is 0.700. The zero-order chi connectivity index (χ0) is 8.10. The van der Waals surface area contributed by atoms with E-state index in [1.54, 1.807) is 11.3 Å². The Balaban J connectivity index is 2.27. The van der Waals surface area contributed by atoms with E-state index in [-0.39, 0.29) is 6.67 Å². The molecular formula is C7H11FN2S. The summed E-state index contributed by atoms with van der Waals surface area (Å²) in [5, 5.41) is 4.02. The van der Waals surface area contributed by atoms with Crippen LogP contribution >= 0.6 is 11.3 Å². The molecule has 1 N–H and O–H groups in total. The van der Waals surface area contributed by atoms with Crippen LogP contribution in [0.4, 0.5) is 4.39 Å². The monoisotopic (exact) mass is 174 g/mol. The Bertz CT molecular complexity index is 212. The molecule has 2 nitrogen and oxygen atoms in total. The molecule has 0 saturated carbocycles. The van der Waals surface area contributed by atoms with Crippen LogP contribution in [0.5, 0.6) is 0 Å². The lowest BCUT2D eigenvalue weighted by Gasteiger charge is -1.96. The first-order chi connectivity index (χ1) is 5.33. The molecule has 0 aliphatic rings. The van der Waals surface area contributed by atoms with Crippen LogP contribution in [0.2, 0.25) is 0 Å². The molecule has 0 radical (unpaired) electrons. The summed E-state index contributed by atoms with van der Waals surface area (Å²) in [5.74, 6) is 0. The van der Waals surface area contributed by atoms with E-state index in [0.717, 1.165) is 16.4 Å². The molecule has 0 bridgehead atoms. The van der Waals surface area contributed by atoms with E-state index in [9.17, 15) is 4.39 Å². The summed E-state index contributed by atoms with van der Waals surface area (Å²) in [6.45, 7) is 2.81. The first-order valence-corrected chi connectivity index (χ1v) is 4.32. The SMILES string of the molecule is Cc1ncc(CNCCF)s1. The molecule has 0 spiro atoms. The second-order valence-corrected chi connectivity index (χ2v) is 3.53. The van der Waals surface area contributed by atoms with Crippen molar-refractivity contribution in [2.75, 3.05) is 13.2 Å². The van der Waals surface area contributed by atoms with Crippen molar-refractivity contribution >= 4 is 11.3 Å². The van der Waals surface area contributed by atoms with E-state index in [1.807, 2.05) is 13.1 Å². The van der Waals surface area contributed by atoms with Crippen molar-refractivity contribution in [2.45, 2.75) is 13.5 Å². The van der Waals surface area contributed by atoms with E-state index in [2.05, 4.69) is 10.3 Å². The van der Waals surface area contributed by atoms with Crippen LogP contribution < -0.4 is 5.32 Å². The van der Waals surface area contributed by atoms with Gasteiger partial charge in [0.25, 0.3) is 0 Å². The van der Waals surface area contributed by atoms with Gasteiger partial charge in [-0.1, -0.05) is 0 Å². The van der Waals surface area contributed by atoms with E-state index >= 15 is 0 Å². The van der Waals surface area contributed by atoms with Crippen LogP contribution in [0.15, 0.2) is 6.20 Å². The highest BCUT2D eigenvalue weighted by Gasteiger charge is 1.95. The molecular weight excluding hydrogens is 163 g/mol. The Hall–Kier alpha value is -0.480. The van der Waals surface area contributed by atoms with E-state index in [4.69, 9.17) is 0 Å². The second kappa shape index (κ2) is 4.41. The van der Waals surface area contributed by atoms with Gasteiger partial charge >= 0.3 is 0 Å². The number of rotatable bonds is 4. The van der Waals surface area contributed by atoms with Crippen LogP contribution in [0.25, 0.3) is 0 Å². The van der Waals surface area contributed by atoms with Gasteiger partial charge in [0.15, 0.2) is 0 Å². The van der Waals surface area contributed by atoms with Crippen molar-refractivity contribution < 1.29 is 4.39 Å². The highest BCUT2D eigenvalue weighted by molar-refractivity contribution is 7.11. The maximum Gasteiger partial charge on any atom is 0.102 e. The number of aromatic nitrogens is 1. The summed E-state index contributed by atoms with van der Waals surface area (Å²) in [6.07, 6.45) is 1.82. The van der Waals surface area contributed by atoms with E-state index in [1.165, 1.54) is 0 Å². The molecule has 62 valence electrons. The lowest BCUT2D eigenvalue weighted by atomic mass is 10.5. The van der Waals surface area contributed by atoms with Gasteiger partial charge in [0.2, 0.25) is 0 Å². The van der Waals surface area contributed by atoms with Gasteiger partial charge in [-0.15, -0.1) is 11.3 Å². The van der Waals surface area contributed by atoms with Crippen molar-refractivity contribution in [2.24, 2.45) is 0 Å². The molecule has 0 aliphatic carbocycles. The molecule has 11 heavy (non-hydrogen) atoms. The summed E-state index contributed by atoms with van der Waals surface area (Å²) in [4.78, 5) is 5.24. The molecule has 4 heteroatoms. The highest BCUT2D eigenvalue weighted by Crippen LogP contribution is 2.10. The number of nitrogens with one attached hydrogen (secondary N) is 1. The number of nitrogens with zero attached hydrogens (tertiary/aromatic N) is 1. The predicted octanol–water partition coefficient (Wildman–Crippen LogP) is 1.51. The Morgan fingerprint density at radius 2 is 2.55 bits per heavy atom. The Kier molecular flexibility index (Phi) is 3.45. The third-order valence-corrected chi connectivity index (χ3v) is 2.15. The number of thiazole rings is 1. The minimum absolute atomic E-state index is 0.308. The Morgan fingerprint density at radius 3 is 3.09 bits per heavy atom. The number of hydrogen-bond donors (Lipinski definition) is 1. The van der Waals surface area contributed by atoms with Crippen molar-refractivity contribution in [3.05, 3.63) is 16.1 Å². The van der Waals surface area contributed by atoms with Crippen molar-refractivity contribution in [1.82, 2.24) is 10.3 Å². The summed E-state index contributed by atoms with van der Waals surface area (Å²) in [6, 6.07) is 0. The Labute approximate surface area is 69.5 Å². The molecule has 0 amide bonds. The van der Waals surface area contributed by atoms with Gasteiger partial charge in [-0.25, -0.2) is 9.37 Å². The van der Waals surface area contributed by atoms with Crippen LogP contribution in [0.3, 0.4) is 0 Å². The molecule has 1 aromatic heterocycles. The first kappa shape index (κ1) is 8.62. The van der Waals surface area contributed by atoms with Gasteiger partial charge in [0.05, 0.1) is 5.01 Å². The minimum atomic E-state index is -0.308. The number of halogens is 1. The van der Waals surface area contributed by atoms with Crippen LogP contribution in [-0.2, 0) is 6.54 Å². The smallest absolute Gasteiger partial charge is 0.102 e. The lowest BCUT2D eigenvalue weighted by molar-refractivity contribution is 0.467. The average molecular weight is 174 g/mol. The first-order valence-electron chi connectivity index (χ1n) is 3.51. The van der Waals surface area contributed by atoms with Crippen LogP contribution in [0, 0.1) is 6.92 Å². The van der Waals surface area contributed by atoms with Gasteiger partial charge in [-0.3, -0.25) is 0 Å². The average Bonchev–Trinajstić information content (AvgIpc) is 2.37. The summed E-state index contributed by atoms with van der Waals surface area (Å²) in [5.41, 5.74) is 0. The largest absolute Gasteiger partial charge is 0.309 e. The fourth-order valence-corrected chi connectivity index (χ4v) is 1.53. The molecule has 1 aromatic rings. The van der Waals surface area contributed by atoms with Gasteiger partial charge in [0, 0.05) is 24.2 Å². The maximum absolute atomic E-state index is 11.6. The second-order valence-electron chi connectivity index (χ2n) is 2.21. The maximum atomic E-state index is 11.6. The summed E-state index contributed by atoms with van der Waals surface area (Å²) in [7, 11) is 0. The normalized spacial score (nSPS) is 10.4. The third-order valence-electron chi connectivity index (χ3n) is 1.24. The fourth-order valence-electron chi connectivity index (χ4n) is 0.765. The van der Waals surface area contributed by atoms with Gasteiger partial charge in [0.1, 0.15) is 6.67 Å². The molecule has 1 rings (SSSR count). The highest BCUT2D eigenvalue weighted by atomic mass is 32.1. The molecule has 0 saturated heterocycles. The summed E-state index contributed by atoms with van der Waals surface area (Å²) < 4.78 is 11.6. The molecule has 0 aromatic carbocycles. The summed E-state index contributed by atoms with van der Waals surface area (Å²) >= 11 is 1.64. The fraction of sp³-hybridized carbons (Fsp3) is 0.571. The topological polar surface area (TPSA) is 24.9 Å². The van der Waals surface area contributed by atoms with Crippen LogP contribution in [-0.4, -0.2) is 18.2 Å². The van der Waals surface area contributed by atoms with Gasteiger partial charge in [-0.2, -0.15) is 0 Å². The molecule has 0 fully saturated rings. The Morgan fingerprint density at radius 1 is 1.73 bits per heavy atom. The third kappa shape index (κ3) is 2.95. The zero-order valence-corrected chi connectivity index (χ0v) is 7.25. The molecule has 0 aliphatic heterocycles.